The number of sulfonamides is 1. The normalized spacial score (nSPS) is 15.8. The van der Waals surface area contributed by atoms with Crippen molar-refractivity contribution < 1.29 is 17.9 Å². The molecule has 1 aliphatic heterocycles. The minimum Gasteiger partial charge on any atom is -0.496 e. The molecule has 1 N–H and O–H groups in total. The Hall–Kier alpha value is -2.38. The summed E-state index contributed by atoms with van der Waals surface area (Å²) in [6.45, 7) is 3.06. The highest BCUT2D eigenvalue weighted by Crippen LogP contribution is 2.27. The molecule has 1 aliphatic rings. The Morgan fingerprint density at radius 3 is 2.48 bits per heavy atom. The van der Waals surface area contributed by atoms with E-state index < -0.39 is 10.0 Å². The van der Waals surface area contributed by atoms with Crippen LogP contribution in [0.3, 0.4) is 0 Å². The summed E-state index contributed by atoms with van der Waals surface area (Å²) in [5.74, 6) is 0.505. The molecular formula is C22H28N2O4S. The van der Waals surface area contributed by atoms with Crippen molar-refractivity contribution in [3.8, 4) is 5.75 Å². The summed E-state index contributed by atoms with van der Waals surface area (Å²) in [4.78, 5) is 12.7. The van der Waals surface area contributed by atoms with Crippen molar-refractivity contribution in [3.63, 3.8) is 0 Å². The molecule has 2 aromatic carbocycles. The van der Waals surface area contributed by atoms with Gasteiger partial charge in [0.25, 0.3) is 0 Å². The molecule has 1 atom stereocenters. The summed E-state index contributed by atoms with van der Waals surface area (Å²) < 4.78 is 32.6. The molecule has 29 heavy (non-hydrogen) atoms. The van der Waals surface area contributed by atoms with E-state index in [1.54, 1.807) is 25.3 Å². The maximum atomic E-state index is 12.8. The monoisotopic (exact) mass is 416 g/mol. The van der Waals surface area contributed by atoms with Gasteiger partial charge in [-0.15, -0.1) is 0 Å². The van der Waals surface area contributed by atoms with Crippen LogP contribution in [0.2, 0.25) is 0 Å². The smallest absolute Gasteiger partial charge is 0.243 e. The minimum absolute atomic E-state index is 0.0868. The predicted molar refractivity (Wildman–Crippen MR) is 112 cm³/mol. The fraction of sp³-hybridized carbons (Fsp3) is 0.409. The summed E-state index contributed by atoms with van der Waals surface area (Å²) in [7, 11) is -1.96. The van der Waals surface area contributed by atoms with Crippen LogP contribution in [0.15, 0.2) is 53.4 Å². The maximum absolute atomic E-state index is 12.8. The number of benzene rings is 2. The van der Waals surface area contributed by atoms with Crippen molar-refractivity contribution in [2.24, 2.45) is 0 Å². The molecule has 3 rings (SSSR count). The lowest BCUT2D eigenvalue weighted by molar-refractivity contribution is -0.121. The van der Waals surface area contributed by atoms with Gasteiger partial charge in [0.05, 0.1) is 18.0 Å². The van der Waals surface area contributed by atoms with Crippen molar-refractivity contribution in [2.45, 2.75) is 43.5 Å². The van der Waals surface area contributed by atoms with E-state index >= 15 is 0 Å². The largest absolute Gasteiger partial charge is 0.496 e. The lowest BCUT2D eigenvalue weighted by Gasteiger charge is -2.18. The van der Waals surface area contributed by atoms with Gasteiger partial charge in [-0.05, 0) is 55.5 Å². The van der Waals surface area contributed by atoms with Gasteiger partial charge in [-0.25, -0.2) is 8.42 Å². The summed E-state index contributed by atoms with van der Waals surface area (Å²) >= 11 is 0. The van der Waals surface area contributed by atoms with E-state index in [0.29, 0.717) is 25.3 Å². The van der Waals surface area contributed by atoms with Crippen molar-refractivity contribution in [2.75, 3.05) is 20.2 Å². The van der Waals surface area contributed by atoms with Gasteiger partial charge in [0.15, 0.2) is 0 Å². The minimum atomic E-state index is -3.50. The lowest BCUT2D eigenvalue weighted by atomic mass is 10.1. The van der Waals surface area contributed by atoms with Crippen LogP contribution in [0.5, 0.6) is 5.75 Å². The third-order valence-corrected chi connectivity index (χ3v) is 7.15. The second-order valence-electron chi connectivity index (χ2n) is 7.28. The topological polar surface area (TPSA) is 75.7 Å². The van der Waals surface area contributed by atoms with Crippen LogP contribution in [-0.4, -0.2) is 38.8 Å². The average Bonchev–Trinajstić information content (AvgIpc) is 3.28. The Labute approximate surface area is 172 Å². The number of amides is 1. The molecule has 0 unspecified atom stereocenters. The van der Waals surface area contributed by atoms with Gasteiger partial charge in [-0.1, -0.05) is 30.3 Å². The van der Waals surface area contributed by atoms with Crippen molar-refractivity contribution >= 4 is 15.9 Å². The first-order chi connectivity index (χ1) is 13.9. The zero-order valence-electron chi connectivity index (χ0n) is 16.9. The van der Waals surface area contributed by atoms with E-state index in [-0.39, 0.29) is 23.3 Å². The molecule has 1 fully saturated rings. The number of hydrogen-bond acceptors (Lipinski definition) is 4. The van der Waals surface area contributed by atoms with E-state index in [1.165, 1.54) is 4.31 Å². The van der Waals surface area contributed by atoms with Crippen molar-refractivity contribution in [3.05, 3.63) is 59.7 Å². The van der Waals surface area contributed by atoms with Crippen LogP contribution < -0.4 is 10.1 Å². The number of aryl methyl sites for hydroxylation is 1. The standard InChI is InChI=1S/C22H28N2O4S/c1-17(18-8-4-3-5-9-18)23-22(25)13-10-19-16-20(11-12-21(19)28-2)29(26,27)24-14-6-7-15-24/h3-5,8-9,11-12,16-17H,6-7,10,13-15H2,1-2H3,(H,23,25)/t17-/m1/s1. The first-order valence-electron chi connectivity index (χ1n) is 9.93. The number of ether oxygens (including phenoxy) is 1. The lowest BCUT2D eigenvalue weighted by Crippen LogP contribution is -2.28. The summed E-state index contributed by atoms with van der Waals surface area (Å²) in [5, 5.41) is 2.99. The average molecular weight is 417 g/mol. The van der Waals surface area contributed by atoms with Crippen molar-refractivity contribution in [1.82, 2.24) is 9.62 Å². The number of nitrogens with zero attached hydrogens (tertiary/aromatic N) is 1. The summed E-state index contributed by atoms with van der Waals surface area (Å²) in [5.41, 5.74) is 1.76. The highest BCUT2D eigenvalue weighted by Gasteiger charge is 2.27. The number of hydrogen-bond donors (Lipinski definition) is 1. The molecule has 1 saturated heterocycles. The van der Waals surface area contributed by atoms with E-state index in [4.69, 9.17) is 4.74 Å². The van der Waals surface area contributed by atoms with Gasteiger partial charge in [0, 0.05) is 19.5 Å². The van der Waals surface area contributed by atoms with Crippen molar-refractivity contribution in [1.29, 1.82) is 0 Å². The molecule has 2 aromatic rings. The van der Waals surface area contributed by atoms with Gasteiger partial charge < -0.3 is 10.1 Å². The van der Waals surface area contributed by atoms with Gasteiger partial charge in [-0.3, -0.25) is 4.79 Å². The highest BCUT2D eigenvalue weighted by atomic mass is 32.2. The molecule has 6 nitrogen and oxygen atoms in total. The van der Waals surface area contributed by atoms with Crippen LogP contribution in [0.25, 0.3) is 0 Å². The molecule has 1 heterocycles. The van der Waals surface area contributed by atoms with Gasteiger partial charge >= 0.3 is 0 Å². The Bertz CT molecular complexity index is 939. The Morgan fingerprint density at radius 2 is 1.83 bits per heavy atom. The van der Waals surface area contributed by atoms with Gasteiger partial charge in [0.2, 0.25) is 15.9 Å². The van der Waals surface area contributed by atoms with Gasteiger partial charge in [-0.2, -0.15) is 4.31 Å². The molecule has 7 heteroatoms. The highest BCUT2D eigenvalue weighted by molar-refractivity contribution is 7.89. The third kappa shape index (κ3) is 5.16. The van der Waals surface area contributed by atoms with Crippen LogP contribution in [-0.2, 0) is 21.2 Å². The van der Waals surface area contributed by atoms with E-state index in [1.807, 2.05) is 37.3 Å². The molecule has 0 spiro atoms. The molecule has 0 saturated carbocycles. The summed E-state index contributed by atoms with van der Waals surface area (Å²) in [6, 6.07) is 14.6. The first-order valence-corrected chi connectivity index (χ1v) is 11.4. The zero-order valence-corrected chi connectivity index (χ0v) is 17.7. The van der Waals surface area contributed by atoms with E-state index in [2.05, 4.69) is 5.32 Å². The second kappa shape index (κ2) is 9.41. The molecule has 0 radical (unpaired) electrons. The van der Waals surface area contributed by atoms with E-state index in [9.17, 15) is 13.2 Å². The number of nitrogens with one attached hydrogen (secondary N) is 1. The maximum Gasteiger partial charge on any atom is 0.243 e. The molecule has 0 bridgehead atoms. The molecule has 0 aliphatic carbocycles. The Morgan fingerprint density at radius 1 is 1.14 bits per heavy atom. The first kappa shape index (κ1) is 21.3. The van der Waals surface area contributed by atoms with Gasteiger partial charge in [0.1, 0.15) is 5.75 Å². The number of rotatable bonds is 8. The summed E-state index contributed by atoms with van der Waals surface area (Å²) in [6.07, 6.45) is 2.44. The SMILES string of the molecule is COc1ccc(S(=O)(=O)N2CCCC2)cc1CCC(=O)N[C@H](C)c1ccccc1. The number of methoxy groups -OCH3 is 1. The Balaban J connectivity index is 1.68. The zero-order chi connectivity index (χ0) is 20.9. The quantitative estimate of drug-likeness (QED) is 0.717. The van der Waals surface area contributed by atoms with Crippen LogP contribution in [0.1, 0.15) is 43.4 Å². The number of carbonyl (C=O) groups excluding carboxylic acids is 1. The van der Waals surface area contributed by atoms with Crippen LogP contribution in [0.4, 0.5) is 0 Å². The second-order valence-corrected chi connectivity index (χ2v) is 9.22. The predicted octanol–water partition coefficient (Wildman–Crippen LogP) is 3.29. The van der Waals surface area contributed by atoms with Crippen LogP contribution in [0, 0.1) is 0 Å². The molecular weight excluding hydrogens is 388 g/mol. The van der Waals surface area contributed by atoms with E-state index in [0.717, 1.165) is 24.0 Å². The third-order valence-electron chi connectivity index (χ3n) is 5.25. The fourth-order valence-corrected chi connectivity index (χ4v) is 5.14. The Kier molecular flexibility index (Phi) is 6.92. The number of carbonyl (C=O) groups is 1. The molecule has 156 valence electrons. The molecule has 0 aromatic heterocycles. The molecule has 1 amide bonds. The van der Waals surface area contributed by atoms with Crippen LogP contribution >= 0.6 is 0 Å². The fourth-order valence-electron chi connectivity index (χ4n) is 3.58.